The van der Waals surface area contributed by atoms with Crippen LogP contribution >= 0.6 is 11.6 Å². The van der Waals surface area contributed by atoms with E-state index in [1.807, 2.05) is 6.07 Å². The molecule has 0 saturated heterocycles. The standard InChI is InChI=1S/C12H15ClN2O/c1-7(2)10(5-14)9-3-8(13)4-11-12(9)16-6-15-11/h3-4,6-7,10H,5,14H2,1-2H3. The van der Waals surface area contributed by atoms with Gasteiger partial charge in [0.25, 0.3) is 0 Å². The summed E-state index contributed by atoms with van der Waals surface area (Å²) in [7, 11) is 0. The molecule has 0 spiro atoms. The highest BCUT2D eigenvalue weighted by Crippen LogP contribution is 2.32. The molecule has 1 heterocycles. The molecule has 1 aromatic carbocycles. The molecular weight excluding hydrogens is 224 g/mol. The first-order valence-electron chi connectivity index (χ1n) is 5.36. The number of nitrogens with two attached hydrogens (primary N) is 1. The smallest absolute Gasteiger partial charge is 0.181 e. The maximum Gasteiger partial charge on any atom is 0.181 e. The SMILES string of the molecule is CC(C)C(CN)c1cc(Cl)cc2ncoc12. The summed E-state index contributed by atoms with van der Waals surface area (Å²) in [6, 6.07) is 3.73. The van der Waals surface area contributed by atoms with Crippen LogP contribution in [0.3, 0.4) is 0 Å². The molecule has 1 atom stereocenters. The molecule has 0 aliphatic heterocycles. The normalized spacial score (nSPS) is 13.6. The lowest BCUT2D eigenvalue weighted by atomic mass is 9.88. The van der Waals surface area contributed by atoms with Gasteiger partial charge >= 0.3 is 0 Å². The summed E-state index contributed by atoms with van der Waals surface area (Å²) in [6.07, 6.45) is 1.44. The number of fused-ring (bicyclic) bond motifs is 1. The van der Waals surface area contributed by atoms with Gasteiger partial charge in [-0.3, -0.25) is 0 Å². The zero-order valence-corrected chi connectivity index (χ0v) is 10.2. The van der Waals surface area contributed by atoms with E-state index in [-0.39, 0.29) is 5.92 Å². The molecule has 0 aliphatic rings. The number of halogens is 1. The minimum Gasteiger partial charge on any atom is -0.443 e. The molecule has 3 nitrogen and oxygen atoms in total. The number of rotatable bonds is 3. The first-order chi connectivity index (χ1) is 7.63. The predicted molar refractivity (Wildman–Crippen MR) is 65.7 cm³/mol. The van der Waals surface area contributed by atoms with Gasteiger partial charge in [0.1, 0.15) is 5.52 Å². The molecular formula is C12H15ClN2O. The highest BCUT2D eigenvalue weighted by atomic mass is 35.5. The van der Waals surface area contributed by atoms with Crippen molar-refractivity contribution in [1.82, 2.24) is 4.98 Å². The number of hydrogen-bond donors (Lipinski definition) is 1. The zero-order chi connectivity index (χ0) is 11.7. The van der Waals surface area contributed by atoms with E-state index in [1.54, 1.807) is 6.07 Å². The van der Waals surface area contributed by atoms with Crippen LogP contribution in [0.4, 0.5) is 0 Å². The van der Waals surface area contributed by atoms with Crippen LogP contribution in [0.15, 0.2) is 22.9 Å². The van der Waals surface area contributed by atoms with Gasteiger partial charge in [-0.05, 0) is 24.6 Å². The molecule has 2 rings (SSSR count). The molecule has 0 radical (unpaired) electrons. The van der Waals surface area contributed by atoms with Crippen molar-refractivity contribution in [2.75, 3.05) is 6.54 Å². The molecule has 16 heavy (non-hydrogen) atoms. The monoisotopic (exact) mass is 238 g/mol. The third-order valence-electron chi connectivity index (χ3n) is 2.88. The molecule has 2 aromatic rings. The Bertz CT molecular complexity index is 493. The fraction of sp³-hybridized carbons (Fsp3) is 0.417. The average molecular weight is 239 g/mol. The minimum atomic E-state index is 0.245. The van der Waals surface area contributed by atoms with Gasteiger partial charge < -0.3 is 10.2 Å². The number of nitrogens with zero attached hydrogens (tertiary/aromatic N) is 1. The Morgan fingerprint density at radius 3 is 2.81 bits per heavy atom. The number of benzene rings is 1. The van der Waals surface area contributed by atoms with Gasteiger partial charge in [-0.2, -0.15) is 0 Å². The highest BCUT2D eigenvalue weighted by molar-refractivity contribution is 6.31. The van der Waals surface area contributed by atoms with E-state index in [0.29, 0.717) is 17.5 Å². The van der Waals surface area contributed by atoms with Crippen molar-refractivity contribution in [3.8, 4) is 0 Å². The van der Waals surface area contributed by atoms with Gasteiger partial charge in [0.05, 0.1) is 0 Å². The summed E-state index contributed by atoms with van der Waals surface area (Å²) in [5.41, 5.74) is 8.46. The second-order valence-electron chi connectivity index (χ2n) is 4.28. The Hall–Kier alpha value is -1.06. The highest BCUT2D eigenvalue weighted by Gasteiger charge is 2.19. The van der Waals surface area contributed by atoms with Gasteiger partial charge in [0.2, 0.25) is 0 Å². The van der Waals surface area contributed by atoms with Gasteiger partial charge in [0, 0.05) is 16.5 Å². The maximum absolute atomic E-state index is 6.06. The van der Waals surface area contributed by atoms with E-state index in [4.69, 9.17) is 21.8 Å². The van der Waals surface area contributed by atoms with Crippen LogP contribution in [0.2, 0.25) is 5.02 Å². The minimum absolute atomic E-state index is 0.245. The van der Waals surface area contributed by atoms with E-state index >= 15 is 0 Å². The first kappa shape index (κ1) is 11.4. The molecule has 1 unspecified atom stereocenters. The van der Waals surface area contributed by atoms with E-state index in [0.717, 1.165) is 16.7 Å². The summed E-state index contributed by atoms with van der Waals surface area (Å²) in [4.78, 5) is 4.12. The molecule has 0 bridgehead atoms. The summed E-state index contributed by atoms with van der Waals surface area (Å²) in [5.74, 6) is 0.686. The van der Waals surface area contributed by atoms with Crippen molar-refractivity contribution in [3.63, 3.8) is 0 Å². The van der Waals surface area contributed by atoms with Crippen LogP contribution in [0.25, 0.3) is 11.1 Å². The Morgan fingerprint density at radius 1 is 1.44 bits per heavy atom. The van der Waals surface area contributed by atoms with Gasteiger partial charge in [-0.15, -0.1) is 0 Å². The van der Waals surface area contributed by atoms with Crippen molar-refractivity contribution in [2.45, 2.75) is 19.8 Å². The van der Waals surface area contributed by atoms with Crippen LogP contribution in [-0.4, -0.2) is 11.5 Å². The zero-order valence-electron chi connectivity index (χ0n) is 9.40. The van der Waals surface area contributed by atoms with Gasteiger partial charge in [-0.1, -0.05) is 25.4 Å². The van der Waals surface area contributed by atoms with Gasteiger partial charge in [-0.25, -0.2) is 4.98 Å². The molecule has 0 aliphatic carbocycles. The molecule has 0 amide bonds. The Labute approximate surface area is 99.6 Å². The van der Waals surface area contributed by atoms with Crippen LogP contribution in [-0.2, 0) is 0 Å². The molecule has 0 saturated carbocycles. The van der Waals surface area contributed by atoms with E-state index in [2.05, 4.69) is 18.8 Å². The molecule has 4 heteroatoms. The van der Waals surface area contributed by atoms with Crippen LogP contribution in [0.5, 0.6) is 0 Å². The third-order valence-corrected chi connectivity index (χ3v) is 3.10. The maximum atomic E-state index is 6.06. The summed E-state index contributed by atoms with van der Waals surface area (Å²) < 4.78 is 5.41. The summed E-state index contributed by atoms with van der Waals surface area (Å²) in [5, 5.41) is 0.676. The second-order valence-corrected chi connectivity index (χ2v) is 4.72. The van der Waals surface area contributed by atoms with Crippen molar-refractivity contribution in [2.24, 2.45) is 11.7 Å². The van der Waals surface area contributed by atoms with E-state index in [9.17, 15) is 0 Å². The Balaban J connectivity index is 2.61. The molecule has 0 fully saturated rings. The second kappa shape index (κ2) is 4.44. The van der Waals surface area contributed by atoms with Crippen molar-refractivity contribution in [1.29, 1.82) is 0 Å². The van der Waals surface area contributed by atoms with Crippen LogP contribution < -0.4 is 5.73 Å². The van der Waals surface area contributed by atoms with Crippen LogP contribution in [0.1, 0.15) is 25.3 Å². The summed E-state index contributed by atoms with van der Waals surface area (Å²) >= 11 is 6.06. The van der Waals surface area contributed by atoms with E-state index in [1.165, 1.54) is 6.39 Å². The largest absolute Gasteiger partial charge is 0.443 e. The molecule has 2 N–H and O–H groups in total. The van der Waals surface area contributed by atoms with Crippen molar-refractivity contribution >= 4 is 22.7 Å². The Morgan fingerprint density at radius 2 is 2.19 bits per heavy atom. The number of aromatic nitrogens is 1. The predicted octanol–water partition coefficient (Wildman–Crippen LogP) is 3.18. The van der Waals surface area contributed by atoms with Crippen molar-refractivity contribution < 1.29 is 4.42 Å². The number of hydrogen-bond acceptors (Lipinski definition) is 3. The van der Waals surface area contributed by atoms with E-state index < -0.39 is 0 Å². The quantitative estimate of drug-likeness (QED) is 0.894. The average Bonchev–Trinajstić information content (AvgIpc) is 2.65. The first-order valence-corrected chi connectivity index (χ1v) is 5.74. The fourth-order valence-electron chi connectivity index (χ4n) is 1.99. The Kier molecular flexibility index (Phi) is 3.17. The third kappa shape index (κ3) is 1.93. The summed E-state index contributed by atoms with van der Waals surface area (Å²) in [6.45, 7) is 4.86. The number of oxazole rings is 1. The fourth-order valence-corrected chi connectivity index (χ4v) is 2.21. The topological polar surface area (TPSA) is 52.0 Å². The van der Waals surface area contributed by atoms with Gasteiger partial charge in [0.15, 0.2) is 12.0 Å². The molecule has 86 valence electrons. The lowest BCUT2D eigenvalue weighted by molar-refractivity contribution is 0.499. The van der Waals surface area contributed by atoms with Crippen LogP contribution in [0, 0.1) is 5.92 Å². The molecule has 1 aromatic heterocycles. The lowest BCUT2D eigenvalue weighted by Gasteiger charge is -2.19. The van der Waals surface area contributed by atoms with Crippen molar-refractivity contribution in [3.05, 3.63) is 29.1 Å². The lowest BCUT2D eigenvalue weighted by Crippen LogP contribution is -2.18.